The number of carbonyl (C=O) groups is 1. The molecule has 156 valence electrons. The maximum Gasteiger partial charge on any atom is 0.262 e. The summed E-state index contributed by atoms with van der Waals surface area (Å²) in [4.78, 5) is 12.9. The van der Waals surface area contributed by atoms with Crippen LogP contribution in [0.2, 0.25) is 0 Å². The molecule has 1 saturated heterocycles. The van der Waals surface area contributed by atoms with Crippen LogP contribution in [0.3, 0.4) is 0 Å². The Morgan fingerprint density at radius 1 is 1.07 bits per heavy atom. The molecule has 0 aromatic heterocycles. The van der Waals surface area contributed by atoms with E-state index in [-0.39, 0.29) is 34.5 Å². The van der Waals surface area contributed by atoms with Crippen LogP contribution in [0.25, 0.3) is 0 Å². The summed E-state index contributed by atoms with van der Waals surface area (Å²) in [5.41, 5.74) is 1.79. The number of anilines is 2. The summed E-state index contributed by atoms with van der Waals surface area (Å²) in [6, 6.07) is 13.8. The number of hydrogen-bond donors (Lipinski definition) is 3. The highest BCUT2D eigenvalue weighted by molar-refractivity contribution is 7.92. The largest absolute Gasteiger partial charge is 0.326 e. The van der Waals surface area contributed by atoms with Crippen molar-refractivity contribution >= 4 is 39.7 Å². The van der Waals surface area contributed by atoms with Gasteiger partial charge in [0, 0.05) is 17.3 Å². The minimum Gasteiger partial charge on any atom is -0.326 e. The first-order valence-corrected chi connectivity index (χ1v) is 11.1. The smallest absolute Gasteiger partial charge is 0.262 e. The van der Waals surface area contributed by atoms with Gasteiger partial charge in [0.25, 0.3) is 10.0 Å². The maximum absolute atomic E-state index is 12.8. The zero-order valence-electron chi connectivity index (χ0n) is 16.3. The third kappa shape index (κ3) is 4.57. The number of piperidine rings is 1. The van der Waals surface area contributed by atoms with E-state index in [9.17, 15) is 13.2 Å². The molecule has 1 amide bonds. The average Bonchev–Trinajstić information content (AvgIpc) is 3.37. The Kier molecular flexibility index (Phi) is 6.22. The van der Waals surface area contributed by atoms with Crippen molar-refractivity contribution in [1.29, 1.82) is 0 Å². The fourth-order valence-electron chi connectivity index (χ4n) is 4.11. The van der Waals surface area contributed by atoms with Crippen LogP contribution in [0.4, 0.5) is 11.4 Å². The van der Waals surface area contributed by atoms with E-state index in [0.717, 1.165) is 32.4 Å². The monoisotopic (exact) mass is 435 g/mol. The molecule has 1 spiro atoms. The molecule has 29 heavy (non-hydrogen) atoms. The molecule has 2 fully saturated rings. The van der Waals surface area contributed by atoms with Crippen LogP contribution in [0, 0.1) is 18.3 Å². The van der Waals surface area contributed by atoms with Gasteiger partial charge >= 0.3 is 0 Å². The summed E-state index contributed by atoms with van der Waals surface area (Å²) in [5.74, 6) is 0.0172. The summed E-state index contributed by atoms with van der Waals surface area (Å²) >= 11 is 0. The lowest BCUT2D eigenvalue weighted by molar-refractivity contribution is -0.118. The van der Waals surface area contributed by atoms with Gasteiger partial charge in [0.05, 0.1) is 4.90 Å². The second kappa shape index (κ2) is 8.34. The van der Waals surface area contributed by atoms with Crippen molar-refractivity contribution in [2.45, 2.75) is 31.1 Å². The SMILES string of the molecule is Cc1ccc(NC(=O)C2CC23CCNCC3)cc1S(=O)(=O)Nc1ccccc1.Cl. The number of halogens is 1. The van der Waals surface area contributed by atoms with E-state index in [4.69, 9.17) is 0 Å². The summed E-state index contributed by atoms with van der Waals surface area (Å²) in [6.07, 6.45) is 2.98. The van der Waals surface area contributed by atoms with Crippen molar-refractivity contribution in [1.82, 2.24) is 5.32 Å². The van der Waals surface area contributed by atoms with Gasteiger partial charge in [-0.15, -0.1) is 12.4 Å². The van der Waals surface area contributed by atoms with E-state index < -0.39 is 10.0 Å². The van der Waals surface area contributed by atoms with Gasteiger partial charge in [-0.1, -0.05) is 24.3 Å². The molecule has 4 rings (SSSR count). The Hall–Kier alpha value is -2.09. The van der Waals surface area contributed by atoms with Gasteiger partial charge in [-0.2, -0.15) is 0 Å². The molecule has 1 heterocycles. The zero-order valence-corrected chi connectivity index (χ0v) is 17.9. The van der Waals surface area contributed by atoms with Crippen LogP contribution in [-0.2, 0) is 14.8 Å². The van der Waals surface area contributed by atoms with Crippen molar-refractivity contribution in [3.63, 3.8) is 0 Å². The van der Waals surface area contributed by atoms with Crippen LogP contribution < -0.4 is 15.4 Å². The Labute approximate surface area is 177 Å². The van der Waals surface area contributed by atoms with Gasteiger partial charge in [0.2, 0.25) is 5.91 Å². The molecule has 1 saturated carbocycles. The highest BCUT2D eigenvalue weighted by atomic mass is 35.5. The van der Waals surface area contributed by atoms with Gasteiger partial charge in [-0.05, 0) is 74.5 Å². The van der Waals surface area contributed by atoms with Crippen LogP contribution in [0.5, 0.6) is 0 Å². The molecule has 2 aromatic carbocycles. The van der Waals surface area contributed by atoms with Crippen molar-refractivity contribution in [3.05, 3.63) is 54.1 Å². The highest BCUT2D eigenvalue weighted by Crippen LogP contribution is 2.58. The van der Waals surface area contributed by atoms with E-state index in [1.165, 1.54) is 6.07 Å². The normalized spacial score (nSPS) is 19.8. The van der Waals surface area contributed by atoms with E-state index >= 15 is 0 Å². The second-order valence-electron chi connectivity index (χ2n) is 7.81. The molecule has 0 radical (unpaired) electrons. The molecule has 0 bridgehead atoms. The lowest BCUT2D eigenvalue weighted by Crippen LogP contribution is -2.31. The standard InChI is InChI=1S/C21H25N3O3S.ClH/c1-15-7-8-17(23-20(25)18-14-21(18)9-11-22-12-10-21)13-19(15)28(26,27)24-16-5-3-2-4-6-16;/h2-8,13,18,22,24H,9-12,14H2,1H3,(H,23,25);1H. The Balaban J connectivity index is 0.00000240. The number of carbonyl (C=O) groups excluding carboxylic acids is 1. The Bertz CT molecular complexity index is 989. The first kappa shape index (κ1) is 21.6. The van der Waals surface area contributed by atoms with E-state index in [1.54, 1.807) is 43.3 Å². The predicted molar refractivity (Wildman–Crippen MR) is 117 cm³/mol. The fourth-order valence-corrected chi connectivity index (χ4v) is 5.44. The number of hydrogen-bond acceptors (Lipinski definition) is 4. The molecular weight excluding hydrogens is 410 g/mol. The Morgan fingerprint density at radius 2 is 1.76 bits per heavy atom. The molecule has 1 aliphatic carbocycles. The van der Waals surface area contributed by atoms with Crippen LogP contribution >= 0.6 is 12.4 Å². The number of rotatable bonds is 5. The number of amides is 1. The van der Waals surface area contributed by atoms with E-state index in [0.29, 0.717) is 16.9 Å². The summed E-state index contributed by atoms with van der Waals surface area (Å²) in [5, 5.41) is 6.26. The molecule has 3 N–H and O–H groups in total. The van der Waals surface area contributed by atoms with Gasteiger partial charge in [0.15, 0.2) is 0 Å². The predicted octanol–water partition coefficient (Wildman–Crippen LogP) is 3.55. The number of benzene rings is 2. The topological polar surface area (TPSA) is 87.3 Å². The van der Waals surface area contributed by atoms with E-state index in [1.807, 2.05) is 6.07 Å². The lowest BCUT2D eigenvalue weighted by Gasteiger charge is -2.23. The maximum atomic E-state index is 12.8. The van der Waals surface area contributed by atoms with Gasteiger partial charge in [-0.3, -0.25) is 9.52 Å². The number of para-hydroxylation sites is 1. The van der Waals surface area contributed by atoms with Crippen LogP contribution in [0.1, 0.15) is 24.8 Å². The molecule has 8 heteroatoms. The van der Waals surface area contributed by atoms with E-state index in [2.05, 4.69) is 15.4 Å². The van der Waals surface area contributed by atoms with Crippen molar-refractivity contribution in [2.75, 3.05) is 23.1 Å². The second-order valence-corrected chi connectivity index (χ2v) is 9.46. The fraction of sp³-hybridized carbons (Fsp3) is 0.381. The quantitative estimate of drug-likeness (QED) is 0.670. The van der Waals surface area contributed by atoms with Crippen molar-refractivity contribution in [2.24, 2.45) is 11.3 Å². The summed E-state index contributed by atoms with van der Waals surface area (Å²) in [6.45, 7) is 3.67. The van der Waals surface area contributed by atoms with Crippen LogP contribution in [0.15, 0.2) is 53.4 Å². The zero-order chi connectivity index (χ0) is 19.8. The highest BCUT2D eigenvalue weighted by Gasteiger charge is 2.57. The first-order valence-electron chi connectivity index (χ1n) is 9.60. The first-order chi connectivity index (χ1) is 13.4. The van der Waals surface area contributed by atoms with Crippen molar-refractivity contribution in [3.8, 4) is 0 Å². The molecule has 6 nitrogen and oxygen atoms in total. The number of aryl methyl sites for hydroxylation is 1. The summed E-state index contributed by atoms with van der Waals surface area (Å²) < 4.78 is 28.2. The molecule has 1 aliphatic heterocycles. The van der Waals surface area contributed by atoms with Crippen LogP contribution in [-0.4, -0.2) is 27.4 Å². The molecule has 1 atom stereocenters. The average molecular weight is 436 g/mol. The molecular formula is C21H26ClN3O3S. The Morgan fingerprint density at radius 3 is 2.45 bits per heavy atom. The summed E-state index contributed by atoms with van der Waals surface area (Å²) in [7, 11) is -3.74. The van der Waals surface area contributed by atoms with Crippen molar-refractivity contribution < 1.29 is 13.2 Å². The molecule has 1 unspecified atom stereocenters. The third-order valence-corrected chi connectivity index (χ3v) is 7.40. The lowest BCUT2D eigenvalue weighted by atomic mass is 9.92. The van der Waals surface area contributed by atoms with Gasteiger partial charge < -0.3 is 10.6 Å². The number of nitrogens with one attached hydrogen (secondary N) is 3. The molecule has 2 aromatic rings. The minimum absolute atomic E-state index is 0. The minimum atomic E-state index is -3.74. The third-order valence-electron chi connectivity index (χ3n) is 5.88. The van der Waals surface area contributed by atoms with Gasteiger partial charge in [0.1, 0.15) is 0 Å². The number of sulfonamides is 1. The van der Waals surface area contributed by atoms with Gasteiger partial charge in [-0.25, -0.2) is 8.42 Å². The molecule has 2 aliphatic rings.